The monoisotopic (exact) mass is 309 g/mol. The molecule has 0 saturated carbocycles. The van der Waals surface area contributed by atoms with Crippen molar-refractivity contribution in [1.82, 2.24) is 14.7 Å². The van der Waals surface area contributed by atoms with E-state index >= 15 is 0 Å². The molecule has 1 aliphatic rings. The largest absolute Gasteiger partial charge is 0.396 e. The molecule has 6 nitrogen and oxygen atoms in total. The fourth-order valence-electron chi connectivity index (χ4n) is 3.02. The van der Waals surface area contributed by atoms with Crippen LogP contribution in [0.4, 0.5) is 0 Å². The highest BCUT2D eigenvalue weighted by Crippen LogP contribution is 2.31. The first-order valence-corrected chi connectivity index (χ1v) is 7.99. The number of hydrogen-bond donors (Lipinski definition) is 1. The van der Waals surface area contributed by atoms with Gasteiger partial charge < -0.3 is 14.7 Å². The summed E-state index contributed by atoms with van der Waals surface area (Å²) in [6, 6.07) is 0. The predicted molar refractivity (Wildman–Crippen MR) is 83.8 cm³/mol. The van der Waals surface area contributed by atoms with Gasteiger partial charge in [-0.15, -0.1) is 0 Å². The molecule has 0 aromatic carbocycles. The molecule has 1 aliphatic heterocycles. The summed E-state index contributed by atoms with van der Waals surface area (Å²) < 4.78 is 7.20. The molecule has 1 amide bonds. The summed E-state index contributed by atoms with van der Waals surface area (Å²) >= 11 is 0. The molecular weight excluding hydrogens is 282 g/mol. The van der Waals surface area contributed by atoms with Crippen molar-refractivity contribution in [2.45, 2.75) is 39.7 Å². The van der Waals surface area contributed by atoms with Crippen LogP contribution >= 0.6 is 0 Å². The van der Waals surface area contributed by atoms with Gasteiger partial charge in [0.2, 0.25) is 0 Å². The molecule has 1 fully saturated rings. The van der Waals surface area contributed by atoms with Gasteiger partial charge in [-0.05, 0) is 26.2 Å². The van der Waals surface area contributed by atoms with Gasteiger partial charge in [-0.3, -0.25) is 9.48 Å². The Labute approximate surface area is 132 Å². The molecule has 0 bridgehead atoms. The standard InChI is InChI=1S/C16H27N3O3/c1-4-7-19-10-14(13(2)17-19)15(21)18(3)11-16(12-20)5-8-22-9-6-16/h10,20H,4-9,11-12H2,1-3H3. The lowest BCUT2D eigenvalue weighted by atomic mass is 9.80. The minimum absolute atomic E-state index is 0.0285. The van der Waals surface area contributed by atoms with Gasteiger partial charge in [0.05, 0.1) is 17.9 Å². The van der Waals surface area contributed by atoms with E-state index in [1.54, 1.807) is 11.9 Å². The molecule has 0 aliphatic carbocycles. The third-order valence-corrected chi connectivity index (χ3v) is 4.44. The highest BCUT2D eigenvalue weighted by atomic mass is 16.5. The molecular formula is C16H27N3O3. The zero-order valence-electron chi connectivity index (χ0n) is 13.8. The molecule has 6 heteroatoms. The van der Waals surface area contributed by atoms with E-state index < -0.39 is 0 Å². The maximum absolute atomic E-state index is 12.7. The van der Waals surface area contributed by atoms with Crippen LogP contribution in [-0.4, -0.2) is 59.1 Å². The van der Waals surface area contributed by atoms with Crippen LogP contribution in [0.5, 0.6) is 0 Å². The lowest BCUT2D eigenvalue weighted by Crippen LogP contribution is -2.44. The van der Waals surface area contributed by atoms with Crippen molar-refractivity contribution in [3.05, 3.63) is 17.5 Å². The van der Waals surface area contributed by atoms with E-state index in [-0.39, 0.29) is 17.9 Å². The van der Waals surface area contributed by atoms with Gasteiger partial charge in [0.1, 0.15) is 0 Å². The predicted octanol–water partition coefficient (Wildman–Crippen LogP) is 1.46. The zero-order chi connectivity index (χ0) is 16.2. The van der Waals surface area contributed by atoms with Gasteiger partial charge in [-0.1, -0.05) is 6.92 Å². The second-order valence-corrected chi connectivity index (χ2v) is 6.32. The number of ether oxygens (including phenoxy) is 1. The van der Waals surface area contributed by atoms with Gasteiger partial charge in [0, 0.05) is 45.0 Å². The van der Waals surface area contributed by atoms with Crippen molar-refractivity contribution in [2.75, 3.05) is 33.4 Å². The lowest BCUT2D eigenvalue weighted by molar-refractivity contribution is -0.0282. The van der Waals surface area contributed by atoms with Crippen LogP contribution < -0.4 is 0 Å². The number of hydrogen-bond acceptors (Lipinski definition) is 4. The van der Waals surface area contributed by atoms with Crippen LogP contribution in [0.1, 0.15) is 42.2 Å². The fourth-order valence-corrected chi connectivity index (χ4v) is 3.02. The Hall–Kier alpha value is -1.40. The second kappa shape index (κ2) is 7.24. The van der Waals surface area contributed by atoms with E-state index in [0.29, 0.717) is 25.3 Å². The van der Waals surface area contributed by atoms with Crippen molar-refractivity contribution in [3.8, 4) is 0 Å². The highest BCUT2D eigenvalue weighted by molar-refractivity contribution is 5.94. The second-order valence-electron chi connectivity index (χ2n) is 6.32. The number of aliphatic hydroxyl groups excluding tert-OH is 1. The summed E-state index contributed by atoms with van der Waals surface area (Å²) in [6.07, 6.45) is 4.38. The maximum Gasteiger partial charge on any atom is 0.257 e. The molecule has 0 spiro atoms. The first kappa shape index (κ1) is 17.0. The van der Waals surface area contributed by atoms with Crippen LogP contribution in [0.2, 0.25) is 0 Å². The summed E-state index contributed by atoms with van der Waals surface area (Å²) in [5, 5.41) is 14.1. The Morgan fingerprint density at radius 1 is 1.50 bits per heavy atom. The molecule has 1 N–H and O–H groups in total. The molecule has 0 radical (unpaired) electrons. The number of nitrogens with zero attached hydrogens (tertiary/aromatic N) is 3. The smallest absolute Gasteiger partial charge is 0.257 e. The van der Waals surface area contributed by atoms with Crippen molar-refractivity contribution in [3.63, 3.8) is 0 Å². The molecule has 2 heterocycles. The van der Waals surface area contributed by atoms with Gasteiger partial charge in [0.15, 0.2) is 0 Å². The minimum atomic E-state index is -0.240. The Morgan fingerprint density at radius 3 is 2.77 bits per heavy atom. The number of rotatable bonds is 6. The molecule has 2 rings (SSSR count). The molecule has 22 heavy (non-hydrogen) atoms. The molecule has 1 saturated heterocycles. The van der Waals surface area contributed by atoms with E-state index in [4.69, 9.17) is 4.74 Å². The van der Waals surface area contributed by atoms with Crippen LogP contribution in [0.25, 0.3) is 0 Å². The summed E-state index contributed by atoms with van der Waals surface area (Å²) in [5.74, 6) is -0.0285. The normalized spacial score (nSPS) is 17.5. The lowest BCUT2D eigenvalue weighted by Gasteiger charge is -2.38. The zero-order valence-corrected chi connectivity index (χ0v) is 13.8. The first-order valence-electron chi connectivity index (χ1n) is 7.99. The van der Waals surface area contributed by atoms with Crippen molar-refractivity contribution < 1.29 is 14.6 Å². The third-order valence-electron chi connectivity index (χ3n) is 4.44. The molecule has 0 atom stereocenters. The van der Waals surface area contributed by atoms with Crippen LogP contribution in [0.3, 0.4) is 0 Å². The Bertz CT molecular complexity index is 507. The fraction of sp³-hybridized carbons (Fsp3) is 0.750. The van der Waals surface area contributed by atoms with E-state index in [1.165, 1.54) is 0 Å². The van der Waals surface area contributed by atoms with E-state index in [9.17, 15) is 9.90 Å². The summed E-state index contributed by atoms with van der Waals surface area (Å²) in [6.45, 7) is 6.69. The quantitative estimate of drug-likeness (QED) is 0.864. The van der Waals surface area contributed by atoms with Crippen LogP contribution in [0, 0.1) is 12.3 Å². The number of carbonyl (C=O) groups is 1. The number of aryl methyl sites for hydroxylation is 2. The Kier molecular flexibility index (Phi) is 5.58. The topological polar surface area (TPSA) is 67.6 Å². The van der Waals surface area contributed by atoms with E-state index in [2.05, 4.69) is 12.0 Å². The summed E-state index contributed by atoms with van der Waals surface area (Å²) in [7, 11) is 1.80. The average molecular weight is 309 g/mol. The molecule has 0 unspecified atom stereocenters. The summed E-state index contributed by atoms with van der Waals surface area (Å²) in [4.78, 5) is 14.4. The van der Waals surface area contributed by atoms with Crippen molar-refractivity contribution in [2.24, 2.45) is 5.41 Å². The maximum atomic E-state index is 12.7. The minimum Gasteiger partial charge on any atom is -0.396 e. The average Bonchev–Trinajstić information content (AvgIpc) is 2.88. The number of aromatic nitrogens is 2. The number of aliphatic hydroxyl groups is 1. The SMILES string of the molecule is CCCn1cc(C(=O)N(C)CC2(CO)CCOCC2)c(C)n1. The highest BCUT2D eigenvalue weighted by Gasteiger charge is 2.34. The van der Waals surface area contributed by atoms with Crippen LogP contribution in [0.15, 0.2) is 6.20 Å². The van der Waals surface area contributed by atoms with Gasteiger partial charge in [-0.25, -0.2) is 0 Å². The van der Waals surface area contributed by atoms with E-state index in [1.807, 2.05) is 17.8 Å². The Morgan fingerprint density at radius 2 is 2.18 bits per heavy atom. The summed E-state index contributed by atoms with van der Waals surface area (Å²) in [5.41, 5.74) is 1.17. The number of amides is 1. The van der Waals surface area contributed by atoms with Crippen LogP contribution in [-0.2, 0) is 11.3 Å². The van der Waals surface area contributed by atoms with Crippen molar-refractivity contribution >= 4 is 5.91 Å². The molecule has 1 aromatic rings. The Balaban J connectivity index is 2.08. The van der Waals surface area contributed by atoms with E-state index in [0.717, 1.165) is 31.5 Å². The number of carbonyl (C=O) groups excluding carboxylic acids is 1. The van der Waals surface area contributed by atoms with Crippen molar-refractivity contribution in [1.29, 1.82) is 0 Å². The molecule has 1 aromatic heterocycles. The third kappa shape index (κ3) is 3.67. The first-order chi connectivity index (χ1) is 10.5. The van der Waals surface area contributed by atoms with Gasteiger partial charge in [0.25, 0.3) is 5.91 Å². The van der Waals surface area contributed by atoms with Gasteiger partial charge in [-0.2, -0.15) is 5.10 Å². The molecule has 124 valence electrons. The van der Waals surface area contributed by atoms with Gasteiger partial charge >= 0.3 is 0 Å².